The Kier molecular flexibility index (Phi) is 3.55. The predicted octanol–water partition coefficient (Wildman–Crippen LogP) is 2.54. The number of pyridine rings is 1. The minimum absolute atomic E-state index is 0.363. The first-order chi connectivity index (χ1) is 9.04. The molecule has 100 valence electrons. The summed E-state index contributed by atoms with van der Waals surface area (Å²) >= 11 is 0. The molecule has 4 nitrogen and oxygen atoms in total. The van der Waals surface area contributed by atoms with Gasteiger partial charge in [0.2, 0.25) is 0 Å². The first-order valence-electron chi connectivity index (χ1n) is 5.80. The number of methoxy groups -OCH3 is 1. The van der Waals surface area contributed by atoms with Gasteiger partial charge in [-0.1, -0.05) is 0 Å². The minimum atomic E-state index is -0.408. The Balaban J connectivity index is 2.56. The first-order valence-corrected chi connectivity index (χ1v) is 5.80. The van der Waals surface area contributed by atoms with E-state index < -0.39 is 5.82 Å². The summed E-state index contributed by atoms with van der Waals surface area (Å²) in [5.41, 5.74) is 8.11. The molecule has 1 aromatic heterocycles. The number of benzene rings is 1. The molecular weight excluding hydrogens is 245 g/mol. The lowest BCUT2D eigenvalue weighted by atomic mass is 10.1. The number of ether oxygens (including phenoxy) is 1. The number of nitrogens with two attached hydrogens (primary N) is 1. The average Bonchev–Trinajstić information content (AvgIpc) is 2.39. The summed E-state index contributed by atoms with van der Waals surface area (Å²) in [6, 6.07) is 6.41. The minimum Gasteiger partial charge on any atom is -0.497 e. The van der Waals surface area contributed by atoms with Gasteiger partial charge in [-0.25, -0.2) is 4.39 Å². The molecule has 0 aliphatic carbocycles. The Labute approximate surface area is 111 Å². The fourth-order valence-corrected chi connectivity index (χ4v) is 1.88. The van der Waals surface area contributed by atoms with E-state index in [-0.39, 0.29) is 0 Å². The highest BCUT2D eigenvalue weighted by Crippen LogP contribution is 2.33. The van der Waals surface area contributed by atoms with Crippen molar-refractivity contribution in [3.8, 4) is 17.0 Å². The van der Waals surface area contributed by atoms with Crippen molar-refractivity contribution in [1.82, 2.24) is 4.98 Å². The Morgan fingerprint density at radius 1 is 1.26 bits per heavy atom. The van der Waals surface area contributed by atoms with Crippen LogP contribution in [0.1, 0.15) is 0 Å². The van der Waals surface area contributed by atoms with Gasteiger partial charge in [0, 0.05) is 31.9 Å². The van der Waals surface area contributed by atoms with Gasteiger partial charge in [0.15, 0.2) is 0 Å². The summed E-state index contributed by atoms with van der Waals surface area (Å²) in [6.07, 6.45) is 1.62. The molecule has 5 heteroatoms. The molecule has 2 N–H and O–H groups in total. The van der Waals surface area contributed by atoms with Gasteiger partial charge in [-0.2, -0.15) is 0 Å². The molecule has 19 heavy (non-hydrogen) atoms. The van der Waals surface area contributed by atoms with Crippen molar-refractivity contribution in [2.75, 3.05) is 31.8 Å². The molecule has 1 aromatic carbocycles. The molecule has 0 amide bonds. The zero-order valence-corrected chi connectivity index (χ0v) is 11.1. The normalized spacial score (nSPS) is 10.3. The van der Waals surface area contributed by atoms with Crippen LogP contribution in [0.4, 0.5) is 15.8 Å². The maximum absolute atomic E-state index is 14.0. The summed E-state index contributed by atoms with van der Waals surface area (Å²) < 4.78 is 19.0. The maximum Gasteiger partial charge on any atom is 0.136 e. The second kappa shape index (κ2) is 5.14. The number of nitrogen functional groups attached to an aromatic ring is 1. The molecule has 1 heterocycles. The van der Waals surface area contributed by atoms with Gasteiger partial charge in [0.05, 0.1) is 24.2 Å². The van der Waals surface area contributed by atoms with Crippen molar-refractivity contribution in [3.05, 3.63) is 36.3 Å². The molecule has 2 aromatic rings. The lowest BCUT2D eigenvalue weighted by Gasteiger charge is -2.17. The Morgan fingerprint density at radius 3 is 2.58 bits per heavy atom. The van der Waals surface area contributed by atoms with E-state index in [1.54, 1.807) is 24.4 Å². The second-order valence-electron chi connectivity index (χ2n) is 4.33. The number of aromatic nitrogens is 1. The van der Waals surface area contributed by atoms with Crippen LogP contribution in [0.25, 0.3) is 11.3 Å². The molecule has 0 saturated carbocycles. The quantitative estimate of drug-likeness (QED) is 0.922. The maximum atomic E-state index is 14.0. The van der Waals surface area contributed by atoms with Crippen molar-refractivity contribution in [2.45, 2.75) is 0 Å². The van der Waals surface area contributed by atoms with Gasteiger partial charge in [0.1, 0.15) is 11.6 Å². The van der Waals surface area contributed by atoms with Gasteiger partial charge < -0.3 is 15.4 Å². The fraction of sp³-hybridized carbons (Fsp3) is 0.214. The van der Waals surface area contributed by atoms with Crippen LogP contribution in [-0.4, -0.2) is 26.2 Å². The van der Waals surface area contributed by atoms with Gasteiger partial charge in [-0.05, 0) is 18.2 Å². The van der Waals surface area contributed by atoms with E-state index >= 15 is 0 Å². The summed E-state index contributed by atoms with van der Waals surface area (Å²) in [7, 11) is 5.24. The number of halogens is 1. The highest BCUT2D eigenvalue weighted by molar-refractivity contribution is 5.83. The third-order valence-electron chi connectivity index (χ3n) is 2.88. The van der Waals surface area contributed by atoms with Crippen LogP contribution < -0.4 is 15.4 Å². The van der Waals surface area contributed by atoms with Gasteiger partial charge in [0.25, 0.3) is 0 Å². The lowest BCUT2D eigenvalue weighted by Crippen LogP contribution is -2.12. The fourth-order valence-electron chi connectivity index (χ4n) is 1.88. The van der Waals surface area contributed by atoms with Crippen LogP contribution >= 0.6 is 0 Å². The van der Waals surface area contributed by atoms with Crippen molar-refractivity contribution >= 4 is 11.4 Å². The van der Waals surface area contributed by atoms with Gasteiger partial charge >= 0.3 is 0 Å². The number of nitrogens with zero attached hydrogens (tertiary/aromatic N) is 2. The van der Waals surface area contributed by atoms with E-state index in [4.69, 9.17) is 10.5 Å². The van der Waals surface area contributed by atoms with E-state index in [1.165, 1.54) is 13.2 Å². The first kappa shape index (κ1) is 13.1. The Morgan fingerprint density at radius 2 is 2.00 bits per heavy atom. The number of rotatable bonds is 3. The predicted molar refractivity (Wildman–Crippen MR) is 74.9 cm³/mol. The Hall–Kier alpha value is -2.30. The average molecular weight is 261 g/mol. The largest absolute Gasteiger partial charge is 0.497 e. The molecule has 0 bridgehead atoms. The molecule has 0 aliphatic rings. The van der Waals surface area contributed by atoms with E-state index in [9.17, 15) is 4.39 Å². The molecular formula is C14H16FN3O. The van der Waals surface area contributed by atoms with Crippen LogP contribution in [0, 0.1) is 5.82 Å². The smallest absolute Gasteiger partial charge is 0.136 e. The summed E-state index contributed by atoms with van der Waals surface area (Å²) in [5.74, 6) is 0.0537. The topological polar surface area (TPSA) is 51.4 Å². The highest BCUT2D eigenvalue weighted by atomic mass is 19.1. The van der Waals surface area contributed by atoms with Crippen molar-refractivity contribution in [1.29, 1.82) is 0 Å². The molecule has 0 aliphatic heterocycles. The van der Waals surface area contributed by atoms with Crippen LogP contribution in [0.15, 0.2) is 30.5 Å². The number of hydrogen-bond donors (Lipinski definition) is 1. The molecule has 0 spiro atoms. The molecule has 0 atom stereocenters. The SMILES string of the molecule is COc1ccc(-c2nccc(N(C)C)c2N)c(F)c1. The number of anilines is 2. The zero-order chi connectivity index (χ0) is 14.0. The van der Waals surface area contributed by atoms with Crippen LogP contribution in [0.3, 0.4) is 0 Å². The summed E-state index contributed by atoms with van der Waals surface area (Å²) in [4.78, 5) is 6.04. The Bertz CT molecular complexity index is 599. The van der Waals surface area contributed by atoms with E-state index in [0.717, 1.165) is 5.69 Å². The van der Waals surface area contributed by atoms with Gasteiger partial charge in [-0.15, -0.1) is 0 Å². The zero-order valence-electron chi connectivity index (χ0n) is 11.1. The summed E-state index contributed by atoms with van der Waals surface area (Å²) in [5, 5.41) is 0. The third-order valence-corrected chi connectivity index (χ3v) is 2.88. The summed E-state index contributed by atoms with van der Waals surface area (Å²) in [6.45, 7) is 0. The molecule has 0 radical (unpaired) electrons. The van der Waals surface area contributed by atoms with E-state index in [1.807, 2.05) is 19.0 Å². The number of hydrogen-bond acceptors (Lipinski definition) is 4. The molecule has 0 saturated heterocycles. The van der Waals surface area contributed by atoms with Gasteiger partial charge in [-0.3, -0.25) is 4.98 Å². The van der Waals surface area contributed by atoms with Crippen molar-refractivity contribution < 1.29 is 9.13 Å². The molecule has 2 rings (SSSR count). The lowest BCUT2D eigenvalue weighted by molar-refractivity contribution is 0.411. The van der Waals surface area contributed by atoms with E-state index in [0.29, 0.717) is 22.7 Å². The van der Waals surface area contributed by atoms with Crippen molar-refractivity contribution in [3.63, 3.8) is 0 Å². The monoisotopic (exact) mass is 261 g/mol. The third kappa shape index (κ3) is 2.45. The highest BCUT2D eigenvalue weighted by Gasteiger charge is 2.14. The van der Waals surface area contributed by atoms with Crippen LogP contribution in [0.5, 0.6) is 5.75 Å². The standard InChI is InChI=1S/C14H16FN3O/c1-18(2)12-6-7-17-14(13(12)16)10-5-4-9(19-3)8-11(10)15/h4-8H,16H2,1-3H3. The second-order valence-corrected chi connectivity index (χ2v) is 4.33. The molecule has 0 unspecified atom stereocenters. The van der Waals surface area contributed by atoms with E-state index in [2.05, 4.69) is 4.98 Å². The van der Waals surface area contributed by atoms with Crippen molar-refractivity contribution in [2.24, 2.45) is 0 Å². The van der Waals surface area contributed by atoms with Crippen LogP contribution in [-0.2, 0) is 0 Å². The molecule has 0 fully saturated rings. The van der Waals surface area contributed by atoms with Crippen LogP contribution in [0.2, 0.25) is 0 Å².